The van der Waals surface area contributed by atoms with E-state index in [9.17, 15) is 16.8 Å². The summed E-state index contributed by atoms with van der Waals surface area (Å²) in [6, 6.07) is 4.05. The fourth-order valence-electron chi connectivity index (χ4n) is 1.15. The number of nitrogens with one attached hydrogen (secondary N) is 2. The van der Waals surface area contributed by atoms with E-state index in [2.05, 4.69) is 4.72 Å². The molecule has 0 fully saturated rings. The Labute approximate surface area is 100 Å². The van der Waals surface area contributed by atoms with E-state index in [-0.39, 0.29) is 10.6 Å². The van der Waals surface area contributed by atoms with Crippen LogP contribution in [-0.2, 0) is 20.2 Å². The summed E-state index contributed by atoms with van der Waals surface area (Å²) in [5, 5.41) is 4.82. The first kappa shape index (κ1) is 13.9. The normalized spacial score (nSPS) is 12.4. The highest BCUT2D eigenvalue weighted by Gasteiger charge is 2.14. The first-order chi connectivity index (χ1) is 7.65. The molecule has 1 aromatic rings. The second-order valence-corrected chi connectivity index (χ2v) is 6.51. The van der Waals surface area contributed by atoms with Crippen LogP contribution in [0.5, 0.6) is 0 Å². The van der Waals surface area contributed by atoms with Gasteiger partial charge in [-0.2, -0.15) is 8.42 Å². The summed E-state index contributed by atoms with van der Waals surface area (Å²) in [6.45, 7) is 1.63. The Balaban J connectivity index is 3.30. The molecule has 0 radical (unpaired) electrons. The Morgan fingerprint density at radius 2 is 1.76 bits per heavy atom. The summed E-state index contributed by atoms with van der Waals surface area (Å²) in [5.41, 5.74) is 0.693. The van der Waals surface area contributed by atoms with E-state index >= 15 is 0 Å². The van der Waals surface area contributed by atoms with Gasteiger partial charge in [0.15, 0.2) is 0 Å². The molecule has 0 atom stereocenters. The van der Waals surface area contributed by atoms with Crippen molar-refractivity contribution in [2.45, 2.75) is 11.8 Å². The van der Waals surface area contributed by atoms with Crippen LogP contribution in [0.1, 0.15) is 5.56 Å². The lowest BCUT2D eigenvalue weighted by Gasteiger charge is -2.09. The number of sulfonamides is 1. The van der Waals surface area contributed by atoms with Gasteiger partial charge in [-0.05, 0) is 31.7 Å². The van der Waals surface area contributed by atoms with Crippen molar-refractivity contribution in [1.82, 2.24) is 4.72 Å². The minimum atomic E-state index is -3.93. The number of hydrogen-bond donors (Lipinski definition) is 3. The van der Waals surface area contributed by atoms with Crippen molar-refractivity contribution in [3.05, 3.63) is 23.8 Å². The van der Waals surface area contributed by atoms with Crippen LogP contribution in [-0.4, -0.2) is 23.9 Å². The van der Waals surface area contributed by atoms with Crippen LogP contribution < -0.4 is 14.6 Å². The average Bonchev–Trinajstić information content (AvgIpc) is 2.19. The third-order valence-corrected chi connectivity index (χ3v) is 3.96. The van der Waals surface area contributed by atoms with Gasteiger partial charge >= 0.3 is 0 Å². The molecular formula is C8H13N3O4S2. The molecule has 17 heavy (non-hydrogen) atoms. The van der Waals surface area contributed by atoms with Crippen LogP contribution in [0.25, 0.3) is 0 Å². The fourth-order valence-corrected chi connectivity index (χ4v) is 2.43. The molecule has 0 amide bonds. The molecule has 1 aromatic carbocycles. The predicted octanol–water partition coefficient (Wildman–Crippen LogP) is -0.481. The van der Waals surface area contributed by atoms with E-state index in [1.54, 1.807) is 6.92 Å². The van der Waals surface area contributed by atoms with Crippen LogP contribution in [0.3, 0.4) is 0 Å². The maximum atomic E-state index is 11.5. The van der Waals surface area contributed by atoms with Gasteiger partial charge in [0.25, 0.3) is 10.2 Å². The molecule has 0 saturated carbocycles. The van der Waals surface area contributed by atoms with Crippen molar-refractivity contribution in [2.75, 3.05) is 11.8 Å². The van der Waals surface area contributed by atoms with Crippen molar-refractivity contribution < 1.29 is 16.8 Å². The van der Waals surface area contributed by atoms with Gasteiger partial charge in [-0.3, -0.25) is 4.72 Å². The van der Waals surface area contributed by atoms with Gasteiger partial charge in [0.2, 0.25) is 10.0 Å². The highest BCUT2D eigenvalue weighted by atomic mass is 32.2. The van der Waals surface area contributed by atoms with E-state index in [1.807, 2.05) is 4.72 Å². The number of nitrogens with two attached hydrogens (primary N) is 1. The molecule has 0 aliphatic heterocycles. The van der Waals surface area contributed by atoms with E-state index in [0.29, 0.717) is 5.56 Å². The Bertz CT molecular complexity index is 622. The minimum absolute atomic E-state index is 0.0447. The second-order valence-electron chi connectivity index (χ2n) is 3.33. The highest BCUT2D eigenvalue weighted by molar-refractivity contribution is 7.90. The number of anilines is 1. The molecule has 9 heteroatoms. The summed E-state index contributed by atoms with van der Waals surface area (Å²) in [4.78, 5) is -0.0447. The lowest BCUT2D eigenvalue weighted by Crippen LogP contribution is -2.23. The molecule has 1 rings (SSSR count). The molecular weight excluding hydrogens is 266 g/mol. The maximum Gasteiger partial charge on any atom is 0.296 e. The van der Waals surface area contributed by atoms with Gasteiger partial charge in [-0.1, -0.05) is 6.07 Å². The molecule has 7 nitrogen and oxygen atoms in total. The van der Waals surface area contributed by atoms with Crippen molar-refractivity contribution >= 4 is 25.9 Å². The van der Waals surface area contributed by atoms with Crippen molar-refractivity contribution in [3.8, 4) is 0 Å². The Kier molecular flexibility index (Phi) is 3.77. The molecule has 0 saturated heterocycles. The zero-order valence-corrected chi connectivity index (χ0v) is 10.9. The number of hydrogen-bond acceptors (Lipinski definition) is 4. The molecule has 0 heterocycles. The van der Waals surface area contributed by atoms with Gasteiger partial charge in [0.05, 0.1) is 10.6 Å². The zero-order chi connectivity index (χ0) is 13.3. The van der Waals surface area contributed by atoms with Crippen molar-refractivity contribution in [3.63, 3.8) is 0 Å². The summed E-state index contributed by atoms with van der Waals surface area (Å²) in [7, 11) is -6.29. The van der Waals surface area contributed by atoms with Crippen LogP contribution in [0, 0.1) is 6.92 Å². The molecule has 0 bridgehead atoms. The smallest absolute Gasteiger partial charge is 0.271 e. The molecule has 0 spiro atoms. The molecule has 0 aromatic heterocycles. The van der Waals surface area contributed by atoms with Gasteiger partial charge in [0, 0.05) is 0 Å². The van der Waals surface area contributed by atoms with E-state index in [4.69, 9.17) is 5.14 Å². The molecule has 4 N–H and O–H groups in total. The molecule has 0 aliphatic carbocycles. The topological polar surface area (TPSA) is 118 Å². The van der Waals surface area contributed by atoms with E-state index < -0.39 is 20.2 Å². The van der Waals surface area contributed by atoms with Gasteiger partial charge in [-0.25, -0.2) is 18.3 Å². The molecule has 0 unspecified atom stereocenters. The summed E-state index contributed by atoms with van der Waals surface area (Å²) < 4.78 is 49.0. The Morgan fingerprint density at radius 1 is 1.18 bits per heavy atom. The predicted molar refractivity (Wildman–Crippen MR) is 64.2 cm³/mol. The third-order valence-electron chi connectivity index (χ3n) is 2.04. The second kappa shape index (κ2) is 4.61. The SMILES string of the molecule is CNS(=O)(=O)c1ccc(C)c(NS(N)(=O)=O)c1. The average molecular weight is 279 g/mol. The fraction of sp³-hybridized carbons (Fsp3) is 0.250. The number of benzene rings is 1. The van der Waals surface area contributed by atoms with Gasteiger partial charge in [-0.15, -0.1) is 0 Å². The lowest BCUT2D eigenvalue weighted by atomic mass is 10.2. The minimum Gasteiger partial charge on any atom is -0.271 e. The number of rotatable bonds is 4. The number of aryl methyl sites for hydroxylation is 1. The molecule has 0 aliphatic rings. The first-order valence-corrected chi connectivity index (χ1v) is 7.53. The third kappa shape index (κ3) is 3.66. The Hall–Kier alpha value is -1.16. The van der Waals surface area contributed by atoms with E-state index in [0.717, 1.165) is 0 Å². The summed E-state index contributed by atoms with van der Waals surface area (Å²) in [6.07, 6.45) is 0. The lowest BCUT2D eigenvalue weighted by molar-refractivity contribution is 0.588. The van der Waals surface area contributed by atoms with Gasteiger partial charge in [0.1, 0.15) is 0 Å². The first-order valence-electron chi connectivity index (χ1n) is 4.50. The van der Waals surface area contributed by atoms with Crippen LogP contribution in [0.15, 0.2) is 23.1 Å². The zero-order valence-electron chi connectivity index (χ0n) is 9.26. The monoisotopic (exact) mass is 279 g/mol. The van der Waals surface area contributed by atoms with Crippen LogP contribution in [0.2, 0.25) is 0 Å². The Morgan fingerprint density at radius 3 is 2.24 bits per heavy atom. The molecule has 96 valence electrons. The van der Waals surface area contributed by atoms with Gasteiger partial charge < -0.3 is 0 Å². The summed E-state index contributed by atoms with van der Waals surface area (Å²) >= 11 is 0. The largest absolute Gasteiger partial charge is 0.296 e. The van der Waals surface area contributed by atoms with Crippen LogP contribution in [0.4, 0.5) is 5.69 Å². The summed E-state index contributed by atoms with van der Waals surface area (Å²) in [5.74, 6) is 0. The van der Waals surface area contributed by atoms with Crippen molar-refractivity contribution in [1.29, 1.82) is 0 Å². The standard InChI is InChI=1S/C8H13N3O4S2/c1-6-3-4-7(16(12,13)10-2)5-8(6)11-17(9,14)15/h3-5,10-11H,1-2H3,(H2,9,14,15). The van der Waals surface area contributed by atoms with Crippen molar-refractivity contribution in [2.24, 2.45) is 5.14 Å². The van der Waals surface area contributed by atoms with E-state index in [1.165, 1.54) is 25.2 Å². The maximum absolute atomic E-state index is 11.5. The highest BCUT2D eigenvalue weighted by Crippen LogP contribution is 2.20. The van der Waals surface area contributed by atoms with Crippen LogP contribution >= 0.6 is 0 Å². The quantitative estimate of drug-likeness (QED) is 0.689.